The van der Waals surface area contributed by atoms with Gasteiger partial charge in [-0.15, -0.1) is 0 Å². The first-order valence-electron chi connectivity index (χ1n) is 8.55. The first-order valence-corrected chi connectivity index (χ1v) is 9.99. The highest BCUT2D eigenvalue weighted by Gasteiger charge is 2.27. The van der Waals surface area contributed by atoms with Crippen LogP contribution in [0.25, 0.3) is 0 Å². The zero-order chi connectivity index (χ0) is 17.4. The maximum atomic E-state index is 13.0. The van der Waals surface area contributed by atoms with Gasteiger partial charge < -0.3 is 9.47 Å². The molecule has 6 heteroatoms. The van der Waals surface area contributed by atoms with E-state index in [-0.39, 0.29) is 4.90 Å². The monoisotopic (exact) mass is 353 g/mol. The molecule has 0 saturated heterocycles. The van der Waals surface area contributed by atoms with Crippen LogP contribution >= 0.6 is 0 Å². The topological polar surface area (TPSA) is 55.8 Å². The number of sulfonamides is 1. The molecule has 1 heterocycles. The summed E-state index contributed by atoms with van der Waals surface area (Å²) in [7, 11) is -2.01. The standard InChI is InChI=1S/C18H27NO4S/c1-3-19-13-9-7-5-4-6-8-10-14-23-17-15-16(22-2)11-12-18(17)24(19,20)21/h4,6,11-12,15H,3,5,7-10,13-14H2,1-2H3. The van der Waals surface area contributed by atoms with Gasteiger partial charge in [-0.05, 0) is 44.2 Å². The Labute approximate surface area is 145 Å². The molecule has 0 atom stereocenters. The second-order valence-corrected chi connectivity index (χ2v) is 7.67. The lowest BCUT2D eigenvalue weighted by atomic mass is 10.2. The molecule has 1 aliphatic heterocycles. The van der Waals surface area contributed by atoms with Gasteiger partial charge in [0.15, 0.2) is 0 Å². The van der Waals surface area contributed by atoms with Crippen LogP contribution < -0.4 is 9.47 Å². The smallest absolute Gasteiger partial charge is 0.246 e. The van der Waals surface area contributed by atoms with Gasteiger partial charge in [0.1, 0.15) is 16.4 Å². The first-order chi connectivity index (χ1) is 11.6. The van der Waals surface area contributed by atoms with Crippen LogP contribution in [-0.4, -0.2) is 39.5 Å². The Morgan fingerprint density at radius 2 is 1.92 bits per heavy atom. The highest BCUT2D eigenvalue weighted by Crippen LogP contribution is 2.31. The average Bonchev–Trinajstić information content (AvgIpc) is 2.58. The molecule has 0 bridgehead atoms. The van der Waals surface area contributed by atoms with Gasteiger partial charge in [-0.25, -0.2) is 8.42 Å². The number of nitrogens with zero attached hydrogens (tertiary/aromatic N) is 1. The van der Waals surface area contributed by atoms with Crippen molar-refractivity contribution in [2.75, 3.05) is 26.8 Å². The van der Waals surface area contributed by atoms with E-state index in [1.807, 2.05) is 6.92 Å². The fourth-order valence-corrected chi connectivity index (χ4v) is 4.30. The van der Waals surface area contributed by atoms with Gasteiger partial charge in [0.05, 0.1) is 13.7 Å². The molecule has 5 nitrogen and oxygen atoms in total. The summed E-state index contributed by atoms with van der Waals surface area (Å²) < 4.78 is 38.6. The number of hydrogen-bond donors (Lipinski definition) is 0. The second kappa shape index (κ2) is 9.08. The Hall–Kier alpha value is -1.53. The number of ether oxygens (including phenoxy) is 2. The van der Waals surface area contributed by atoms with Crippen molar-refractivity contribution in [3.8, 4) is 11.5 Å². The summed E-state index contributed by atoms with van der Waals surface area (Å²) in [6.07, 6.45) is 8.98. The van der Waals surface area contributed by atoms with Crippen molar-refractivity contribution in [3.63, 3.8) is 0 Å². The fraction of sp³-hybridized carbons (Fsp3) is 0.556. The quantitative estimate of drug-likeness (QED) is 0.762. The molecule has 134 valence electrons. The second-order valence-electron chi connectivity index (χ2n) is 5.77. The molecule has 0 aromatic heterocycles. The molecule has 0 saturated carbocycles. The van der Waals surface area contributed by atoms with E-state index in [1.165, 1.54) is 4.31 Å². The van der Waals surface area contributed by atoms with E-state index in [2.05, 4.69) is 12.2 Å². The van der Waals surface area contributed by atoms with E-state index < -0.39 is 10.0 Å². The lowest BCUT2D eigenvalue weighted by Crippen LogP contribution is -2.32. The zero-order valence-corrected chi connectivity index (χ0v) is 15.3. The number of fused-ring (bicyclic) bond motifs is 1. The summed E-state index contributed by atoms with van der Waals surface area (Å²) >= 11 is 0. The summed E-state index contributed by atoms with van der Waals surface area (Å²) in [5.41, 5.74) is 0. The minimum Gasteiger partial charge on any atom is -0.497 e. The fourth-order valence-electron chi connectivity index (χ4n) is 2.70. The Morgan fingerprint density at radius 1 is 1.17 bits per heavy atom. The summed E-state index contributed by atoms with van der Waals surface area (Å²) in [4.78, 5) is 0.220. The molecule has 0 radical (unpaired) electrons. The van der Waals surface area contributed by atoms with E-state index in [1.54, 1.807) is 25.3 Å². The van der Waals surface area contributed by atoms with Gasteiger partial charge in [0, 0.05) is 19.2 Å². The first kappa shape index (κ1) is 18.8. The molecule has 0 spiro atoms. The molecule has 0 N–H and O–H groups in total. The molecule has 0 aliphatic carbocycles. The molecule has 2 rings (SSSR count). The highest BCUT2D eigenvalue weighted by molar-refractivity contribution is 7.89. The van der Waals surface area contributed by atoms with Gasteiger partial charge in [0.25, 0.3) is 0 Å². The van der Waals surface area contributed by atoms with Crippen LogP contribution in [0.3, 0.4) is 0 Å². The van der Waals surface area contributed by atoms with Gasteiger partial charge in [-0.3, -0.25) is 0 Å². The van der Waals surface area contributed by atoms with E-state index >= 15 is 0 Å². The van der Waals surface area contributed by atoms with Crippen LogP contribution in [-0.2, 0) is 10.0 Å². The number of methoxy groups -OCH3 is 1. The minimum absolute atomic E-state index is 0.220. The van der Waals surface area contributed by atoms with Crippen molar-refractivity contribution in [1.82, 2.24) is 4.31 Å². The SMILES string of the molecule is CCN1CCCCC=CCCCOc2cc(OC)ccc2S1(=O)=O. The molecule has 0 fully saturated rings. The maximum absolute atomic E-state index is 13.0. The molecule has 0 unspecified atom stereocenters. The number of benzene rings is 1. The minimum atomic E-state index is -3.57. The predicted molar refractivity (Wildman–Crippen MR) is 95.1 cm³/mol. The summed E-state index contributed by atoms with van der Waals surface area (Å²) in [6.45, 7) is 3.32. The van der Waals surface area contributed by atoms with Crippen LogP contribution in [0.15, 0.2) is 35.2 Å². The third kappa shape index (κ3) is 4.74. The van der Waals surface area contributed by atoms with E-state index in [0.29, 0.717) is 31.2 Å². The third-order valence-electron chi connectivity index (χ3n) is 4.09. The van der Waals surface area contributed by atoms with Crippen LogP contribution in [0.2, 0.25) is 0 Å². The van der Waals surface area contributed by atoms with Gasteiger partial charge in [-0.1, -0.05) is 19.1 Å². The lowest BCUT2D eigenvalue weighted by molar-refractivity contribution is 0.299. The molecule has 1 aliphatic rings. The molecule has 24 heavy (non-hydrogen) atoms. The van der Waals surface area contributed by atoms with Crippen LogP contribution in [0, 0.1) is 0 Å². The molecular formula is C18H27NO4S. The summed E-state index contributed by atoms with van der Waals surface area (Å²) in [5, 5.41) is 0. The Morgan fingerprint density at radius 3 is 2.62 bits per heavy atom. The Kier molecular flexibility index (Phi) is 7.12. The average molecular weight is 353 g/mol. The van der Waals surface area contributed by atoms with Gasteiger partial charge >= 0.3 is 0 Å². The third-order valence-corrected chi connectivity index (χ3v) is 6.10. The molecular weight excluding hydrogens is 326 g/mol. The van der Waals surface area contributed by atoms with Gasteiger partial charge in [0.2, 0.25) is 10.0 Å². The largest absolute Gasteiger partial charge is 0.497 e. The van der Waals surface area contributed by atoms with E-state index in [0.717, 1.165) is 32.1 Å². The van der Waals surface area contributed by atoms with Crippen LogP contribution in [0.1, 0.15) is 39.0 Å². The van der Waals surface area contributed by atoms with Crippen LogP contribution in [0.4, 0.5) is 0 Å². The van der Waals surface area contributed by atoms with Crippen molar-refractivity contribution in [2.45, 2.75) is 43.9 Å². The van der Waals surface area contributed by atoms with Crippen molar-refractivity contribution in [2.24, 2.45) is 0 Å². The van der Waals surface area contributed by atoms with E-state index in [9.17, 15) is 8.42 Å². The number of allylic oxidation sites excluding steroid dienone is 2. The van der Waals surface area contributed by atoms with Crippen molar-refractivity contribution in [3.05, 3.63) is 30.4 Å². The molecule has 0 amide bonds. The Bertz CT molecular complexity index is 655. The van der Waals surface area contributed by atoms with Crippen molar-refractivity contribution < 1.29 is 17.9 Å². The number of rotatable bonds is 2. The number of hydrogen-bond acceptors (Lipinski definition) is 4. The van der Waals surface area contributed by atoms with E-state index in [4.69, 9.17) is 9.47 Å². The normalized spacial score (nSPS) is 19.8. The lowest BCUT2D eigenvalue weighted by Gasteiger charge is -2.22. The molecule has 1 aromatic carbocycles. The Balaban J connectivity index is 2.37. The predicted octanol–water partition coefficient (Wildman–Crippen LogP) is 3.60. The van der Waals surface area contributed by atoms with Crippen molar-refractivity contribution >= 4 is 10.0 Å². The summed E-state index contributed by atoms with van der Waals surface area (Å²) in [6, 6.07) is 4.90. The maximum Gasteiger partial charge on any atom is 0.246 e. The summed E-state index contributed by atoms with van der Waals surface area (Å²) in [5.74, 6) is 0.960. The zero-order valence-electron chi connectivity index (χ0n) is 14.5. The van der Waals surface area contributed by atoms with Crippen LogP contribution in [0.5, 0.6) is 11.5 Å². The van der Waals surface area contributed by atoms with Gasteiger partial charge in [-0.2, -0.15) is 4.31 Å². The van der Waals surface area contributed by atoms with Crippen molar-refractivity contribution in [1.29, 1.82) is 0 Å². The highest BCUT2D eigenvalue weighted by atomic mass is 32.2. The molecule has 1 aromatic rings.